The number of carbonyl (C=O) groups excluding carboxylic acids is 1. The number of hydrogen-bond donors (Lipinski definition) is 1. The highest BCUT2D eigenvalue weighted by Gasteiger charge is 2.33. The zero-order chi connectivity index (χ0) is 16.9. The fourth-order valence-electron chi connectivity index (χ4n) is 2.96. The Bertz CT molecular complexity index is 621. The Hall–Kier alpha value is -1.89. The number of nitrogens with zero attached hydrogens (tertiary/aromatic N) is 1. The van der Waals surface area contributed by atoms with E-state index in [1.807, 2.05) is 18.2 Å². The molecule has 0 aliphatic carbocycles. The minimum Gasteiger partial charge on any atom is -0.490 e. The average molecular weight is 351 g/mol. The highest BCUT2D eigenvalue weighted by atomic mass is 32.2. The van der Waals surface area contributed by atoms with E-state index in [4.69, 9.17) is 14.6 Å². The second-order valence-electron chi connectivity index (χ2n) is 5.84. The molecule has 0 aromatic heterocycles. The minimum atomic E-state index is -0.906. The Kier molecular flexibility index (Phi) is 5.50. The van der Waals surface area contributed by atoms with Gasteiger partial charge in [0.05, 0.1) is 13.2 Å². The molecule has 1 fully saturated rings. The Balaban J connectivity index is 1.52. The Morgan fingerprint density at radius 3 is 2.79 bits per heavy atom. The third kappa shape index (κ3) is 3.95. The highest BCUT2D eigenvalue weighted by molar-refractivity contribution is 7.99. The van der Waals surface area contributed by atoms with Crippen molar-refractivity contribution in [3.05, 3.63) is 18.2 Å². The lowest BCUT2D eigenvalue weighted by molar-refractivity contribution is -0.148. The molecule has 2 heterocycles. The zero-order valence-corrected chi connectivity index (χ0v) is 14.2. The average Bonchev–Trinajstić information content (AvgIpc) is 2.95. The maximum Gasteiger partial charge on any atom is 0.326 e. The third-order valence-corrected chi connectivity index (χ3v) is 5.16. The summed E-state index contributed by atoms with van der Waals surface area (Å²) >= 11 is 1.57. The van der Waals surface area contributed by atoms with E-state index in [1.165, 1.54) is 4.90 Å². The smallest absolute Gasteiger partial charge is 0.326 e. The molecule has 1 aromatic rings. The summed E-state index contributed by atoms with van der Waals surface area (Å²) in [6, 6.07) is 5.14. The molecule has 2 aliphatic rings. The summed E-state index contributed by atoms with van der Waals surface area (Å²) in [4.78, 5) is 25.9. The maximum atomic E-state index is 12.2. The molecule has 0 saturated carbocycles. The molecule has 2 aliphatic heterocycles. The van der Waals surface area contributed by atoms with Crippen LogP contribution in [0, 0.1) is 0 Å². The summed E-state index contributed by atoms with van der Waals surface area (Å²) in [5.74, 6) is 1.13. The van der Waals surface area contributed by atoms with Crippen molar-refractivity contribution >= 4 is 23.6 Å². The van der Waals surface area contributed by atoms with Crippen LogP contribution in [0.15, 0.2) is 23.1 Å². The van der Waals surface area contributed by atoms with Gasteiger partial charge >= 0.3 is 5.97 Å². The molecule has 3 rings (SSSR count). The number of amides is 1. The molecule has 1 aromatic carbocycles. The van der Waals surface area contributed by atoms with Crippen LogP contribution in [-0.2, 0) is 9.59 Å². The number of hydrogen-bond acceptors (Lipinski definition) is 5. The van der Waals surface area contributed by atoms with Gasteiger partial charge in [-0.3, -0.25) is 4.79 Å². The lowest BCUT2D eigenvalue weighted by Crippen LogP contribution is -2.40. The number of thioether (sulfide) groups is 1. The molecule has 24 heavy (non-hydrogen) atoms. The number of rotatable bonds is 5. The van der Waals surface area contributed by atoms with E-state index in [9.17, 15) is 9.59 Å². The molecule has 6 nitrogen and oxygen atoms in total. The van der Waals surface area contributed by atoms with Gasteiger partial charge in [0.2, 0.25) is 5.91 Å². The standard InChI is InChI=1S/C17H21NO5S/c19-16(18-7-1-3-13(18)17(20)21)6-10-24-12-4-5-14-15(11-12)23-9-2-8-22-14/h4-5,11,13H,1-3,6-10H2,(H,20,21)/t13-/m0/s1. The molecule has 130 valence electrons. The van der Waals surface area contributed by atoms with Crippen molar-refractivity contribution in [2.45, 2.75) is 36.6 Å². The molecule has 1 N–H and O–H groups in total. The number of carbonyl (C=O) groups is 2. The van der Waals surface area contributed by atoms with Crippen molar-refractivity contribution in [2.75, 3.05) is 25.5 Å². The highest BCUT2D eigenvalue weighted by Crippen LogP contribution is 2.34. The van der Waals surface area contributed by atoms with E-state index in [1.54, 1.807) is 11.8 Å². The predicted octanol–water partition coefficient (Wildman–Crippen LogP) is 2.41. The van der Waals surface area contributed by atoms with E-state index < -0.39 is 12.0 Å². The van der Waals surface area contributed by atoms with Crippen LogP contribution in [0.5, 0.6) is 11.5 Å². The molecule has 0 bridgehead atoms. The Morgan fingerprint density at radius 2 is 2.00 bits per heavy atom. The number of ether oxygens (including phenoxy) is 2. The summed E-state index contributed by atoms with van der Waals surface area (Å²) in [6.07, 6.45) is 2.52. The molecule has 1 amide bonds. The van der Waals surface area contributed by atoms with Crippen LogP contribution in [0.3, 0.4) is 0 Å². The fraction of sp³-hybridized carbons (Fsp3) is 0.529. The molecule has 7 heteroatoms. The lowest BCUT2D eigenvalue weighted by atomic mass is 10.2. The van der Waals surface area contributed by atoms with Crippen molar-refractivity contribution in [1.29, 1.82) is 0 Å². The van der Waals surface area contributed by atoms with E-state index in [0.29, 0.717) is 38.4 Å². The van der Waals surface area contributed by atoms with Crippen LogP contribution in [0.25, 0.3) is 0 Å². The summed E-state index contributed by atoms with van der Waals surface area (Å²) in [6.45, 7) is 1.85. The minimum absolute atomic E-state index is 0.0817. The van der Waals surface area contributed by atoms with Gasteiger partial charge in [-0.05, 0) is 31.0 Å². The van der Waals surface area contributed by atoms with E-state index in [0.717, 1.165) is 29.2 Å². The van der Waals surface area contributed by atoms with Gasteiger partial charge in [-0.15, -0.1) is 11.8 Å². The molecular weight excluding hydrogens is 330 g/mol. The van der Waals surface area contributed by atoms with Gasteiger partial charge in [-0.2, -0.15) is 0 Å². The van der Waals surface area contributed by atoms with Crippen molar-refractivity contribution < 1.29 is 24.2 Å². The summed E-state index contributed by atoms with van der Waals surface area (Å²) in [5.41, 5.74) is 0. The van der Waals surface area contributed by atoms with Gasteiger partial charge in [0.1, 0.15) is 6.04 Å². The van der Waals surface area contributed by atoms with Gasteiger partial charge in [-0.25, -0.2) is 4.79 Å². The van der Waals surface area contributed by atoms with E-state index in [2.05, 4.69) is 0 Å². The Labute approximate surface area is 145 Å². The van der Waals surface area contributed by atoms with Gasteiger partial charge in [-0.1, -0.05) is 0 Å². The second-order valence-corrected chi connectivity index (χ2v) is 7.01. The summed E-state index contributed by atoms with van der Waals surface area (Å²) in [5, 5.41) is 9.15. The maximum absolute atomic E-state index is 12.2. The third-order valence-electron chi connectivity index (χ3n) is 4.16. The normalized spacial score (nSPS) is 19.8. The van der Waals surface area contributed by atoms with Gasteiger partial charge in [0.25, 0.3) is 0 Å². The predicted molar refractivity (Wildman–Crippen MR) is 89.8 cm³/mol. The monoisotopic (exact) mass is 351 g/mol. The zero-order valence-electron chi connectivity index (χ0n) is 13.4. The van der Waals surface area contributed by atoms with Gasteiger partial charge in [0, 0.05) is 30.0 Å². The van der Waals surface area contributed by atoms with Crippen LogP contribution in [0.1, 0.15) is 25.7 Å². The molecule has 0 spiro atoms. The molecule has 1 atom stereocenters. The van der Waals surface area contributed by atoms with E-state index >= 15 is 0 Å². The number of aliphatic carboxylic acids is 1. The SMILES string of the molecule is O=C(O)[C@@H]1CCCN1C(=O)CCSc1ccc2c(c1)OCCCO2. The number of benzene rings is 1. The second kappa shape index (κ2) is 7.79. The fourth-order valence-corrected chi connectivity index (χ4v) is 3.82. The first-order valence-corrected chi connectivity index (χ1v) is 9.18. The quantitative estimate of drug-likeness (QED) is 0.821. The van der Waals surface area contributed by atoms with Crippen LogP contribution in [0.4, 0.5) is 0 Å². The number of likely N-dealkylation sites (tertiary alicyclic amines) is 1. The Morgan fingerprint density at radius 1 is 1.21 bits per heavy atom. The van der Waals surface area contributed by atoms with E-state index in [-0.39, 0.29) is 5.91 Å². The molecular formula is C17H21NO5S. The van der Waals surface area contributed by atoms with Crippen LogP contribution in [-0.4, -0.2) is 53.4 Å². The first kappa shape index (κ1) is 17.0. The topological polar surface area (TPSA) is 76.1 Å². The lowest BCUT2D eigenvalue weighted by Gasteiger charge is -2.21. The summed E-state index contributed by atoms with van der Waals surface area (Å²) in [7, 11) is 0. The van der Waals surface area contributed by atoms with Crippen LogP contribution >= 0.6 is 11.8 Å². The van der Waals surface area contributed by atoms with Gasteiger partial charge in [0.15, 0.2) is 11.5 Å². The number of carboxylic acid groups (broad SMARTS) is 1. The first-order chi connectivity index (χ1) is 11.6. The van der Waals surface area contributed by atoms with Crippen molar-refractivity contribution in [3.8, 4) is 11.5 Å². The van der Waals surface area contributed by atoms with Crippen molar-refractivity contribution in [1.82, 2.24) is 4.90 Å². The van der Waals surface area contributed by atoms with Crippen molar-refractivity contribution in [3.63, 3.8) is 0 Å². The molecule has 0 radical (unpaired) electrons. The van der Waals surface area contributed by atoms with Crippen LogP contribution < -0.4 is 9.47 Å². The van der Waals surface area contributed by atoms with Crippen molar-refractivity contribution in [2.24, 2.45) is 0 Å². The number of carboxylic acids is 1. The van der Waals surface area contributed by atoms with Crippen LogP contribution in [0.2, 0.25) is 0 Å². The number of fused-ring (bicyclic) bond motifs is 1. The largest absolute Gasteiger partial charge is 0.490 e. The molecule has 0 unspecified atom stereocenters. The van der Waals surface area contributed by atoms with Gasteiger partial charge < -0.3 is 19.5 Å². The first-order valence-electron chi connectivity index (χ1n) is 8.20. The molecule has 1 saturated heterocycles. The summed E-state index contributed by atoms with van der Waals surface area (Å²) < 4.78 is 11.3.